The van der Waals surface area contributed by atoms with Gasteiger partial charge in [-0.15, -0.1) is 0 Å². The van der Waals surface area contributed by atoms with Crippen molar-refractivity contribution in [3.8, 4) is 11.5 Å². The van der Waals surface area contributed by atoms with Gasteiger partial charge in [-0.2, -0.15) is 0 Å². The lowest BCUT2D eigenvalue weighted by atomic mass is 9.99. The Morgan fingerprint density at radius 3 is 2.45 bits per heavy atom. The van der Waals surface area contributed by atoms with Crippen LogP contribution >= 0.6 is 0 Å². The Bertz CT molecular complexity index is 613. The molecule has 0 radical (unpaired) electrons. The van der Waals surface area contributed by atoms with Gasteiger partial charge in [-0.25, -0.2) is 0 Å². The van der Waals surface area contributed by atoms with Crippen LogP contribution in [0.2, 0.25) is 0 Å². The first kappa shape index (κ1) is 16.0. The number of amides is 1. The van der Waals surface area contributed by atoms with E-state index in [0.717, 1.165) is 12.2 Å². The van der Waals surface area contributed by atoms with Crippen LogP contribution in [0.3, 0.4) is 0 Å². The second kappa shape index (κ2) is 7.61. The fourth-order valence-corrected chi connectivity index (χ4v) is 2.00. The van der Waals surface area contributed by atoms with Crippen molar-refractivity contribution in [1.29, 1.82) is 0 Å². The van der Waals surface area contributed by atoms with E-state index in [1.54, 1.807) is 6.07 Å². The van der Waals surface area contributed by atoms with E-state index in [2.05, 4.69) is 5.32 Å². The number of benzene rings is 2. The quantitative estimate of drug-likeness (QED) is 0.852. The molecular formula is C18H22N2O2. The van der Waals surface area contributed by atoms with Crippen LogP contribution in [-0.4, -0.2) is 11.9 Å². The molecule has 22 heavy (non-hydrogen) atoms. The summed E-state index contributed by atoms with van der Waals surface area (Å²) in [5, 5.41) is 2.86. The first-order valence-corrected chi connectivity index (χ1v) is 7.50. The molecule has 2 rings (SSSR count). The van der Waals surface area contributed by atoms with Gasteiger partial charge in [0.15, 0.2) is 5.75 Å². The largest absolute Gasteiger partial charge is 0.455 e. The van der Waals surface area contributed by atoms with Crippen LogP contribution in [0.25, 0.3) is 0 Å². The molecule has 2 aromatic rings. The predicted molar refractivity (Wildman–Crippen MR) is 89.0 cm³/mol. The molecule has 116 valence electrons. The van der Waals surface area contributed by atoms with Crippen molar-refractivity contribution < 1.29 is 9.53 Å². The normalized spacial score (nSPS) is 13.2. The third-order valence-electron chi connectivity index (χ3n) is 3.68. The molecule has 1 unspecified atom stereocenters. The minimum Gasteiger partial charge on any atom is -0.455 e. The maximum atomic E-state index is 12.2. The summed E-state index contributed by atoms with van der Waals surface area (Å²) in [7, 11) is 0. The summed E-state index contributed by atoms with van der Waals surface area (Å²) in [5.41, 5.74) is 6.59. The summed E-state index contributed by atoms with van der Waals surface area (Å²) in [6.07, 6.45) is 0.858. The first-order valence-electron chi connectivity index (χ1n) is 7.50. The van der Waals surface area contributed by atoms with Crippen LogP contribution < -0.4 is 15.8 Å². The average molecular weight is 298 g/mol. The fourth-order valence-electron chi connectivity index (χ4n) is 2.00. The summed E-state index contributed by atoms with van der Waals surface area (Å²) >= 11 is 0. The van der Waals surface area contributed by atoms with Gasteiger partial charge in [-0.05, 0) is 30.2 Å². The topological polar surface area (TPSA) is 64.4 Å². The highest BCUT2D eigenvalue weighted by Gasteiger charge is 2.20. The Kier molecular flexibility index (Phi) is 5.55. The smallest absolute Gasteiger partial charge is 0.241 e. The molecule has 4 heteroatoms. The van der Waals surface area contributed by atoms with Gasteiger partial charge >= 0.3 is 0 Å². The lowest BCUT2D eigenvalue weighted by molar-refractivity contribution is -0.118. The molecule has 0 aliphatic rings. The van der Waals surface area contributed by atoms with E-state index >= 15 is 0 Å². The van der Waals surface area contributed by atoms with Crippen molar-refractivity contribution in [3.63, 3.8) is 0 Å². The number of hydrogen-bond donors (Lipinski definition) is 2. The van der Waals surface area contributed by atoms with Crippen LogP contribution in [0.1, 0.15) is 20.3 Å². The molecule has 0 bridgehead atoms. The number of anilines is 1. The fraction of sp³-hybridized carbons (Fsp3) is 0.278. The molecule has 2 atom stereocenters. The van der Waals surface area contributed by atoms with E-state index in [0.29, 0.717) is 11.4 Å². The molecule has 0 fully saturated rings. The van der Waals surface area contributed by atoms with Gasteiger partial charge in [0, 0.05) is 0 Å². The number of para-hydroxylation sites is 3. The Labute approximate surface area is 131 Å². The lowest BCUT2D eigenvalue weighted by Gasteiger charge is -2.19. The number of nitrogens with two attached hydrogens (primary N) is 1. The third-order valence-corrected chi connectivity index (χ3v) is 3.68. The number of nitrogens with one attached hydrogen (secondary N) is 1. The van der Waals surface area contributed by atoms with E-state index < -0.39 is 6.04 Å². The predicted octanol–water partition coefficient (Wildman–Crippen LogP) is 3.79. The van der Waals surface area contributed by atoms with Crippen molar-refractivity contribution in [2.45, 2.75) is 26.3 Å². The zero-order valence-corrected chi connectivity index (χ0v) is 13.0. The number of carbonyl (C=O) groups excluding carboxylic acids is 1. The van der Waals surface area contributed by atoms with Gasteiger partial charge in [-0.3, -0.25) is 4.79 Å². The molecule has 3 N–H and O–H groups in total. The Balaban J connectivity index is 2.13. The molecule has 0 heterocycles. The minimum atomic E-state index is -0.533. The van der Waals surface area contributed by atoms with Gasteiger partial charge in [0.05, 0.1) is 11.7 Å². The second-order valence-electron chi connectivity index (χ2n) is 5.31. The van der Waals surface area contributed by atoms with Gasteiger partial charge in [0.2, 0.25) is 5.91 Å². The number of hydrogen-bond acceptors (Lipinski definition) is 3. The summed E-state index contributed by atoms with van der Waals surface area (Å²) in [4.78, 5) is 12.2. The van der Waals surface area contributed by atoms with Crippen molar-refractivity contribution in [2.24, 2.45) is 11.7 Å². The molecule has 0 saturated heterocycles. The Morgan fingerprint density at radius 1 is 1.14 bits per heavy atom. The standard InChI is InChI=1S/C18H22N2O2/c1-3-13(2)17(19)18(21)20-15-11-7-8-12-16(15)22-14-9-5-4-6-10-14/h4-13,17H,3,19H2,1-2H3,(H,20,21)/t13?,17-/m0/s1. The van der Waals surface area contributed by atoms with Crippen LogP contribution in [0.15, 0.2) is 54.6 Å². The van der Waals surface area contributed by atoms with Gasteiger partial charge in [-0.1, -0.05) is 50.6 Å². The average Bonchev–Trinajstić information content (AvgIpc) is 2.56. The van der Waals surface area contributed by atoms with Crippen molar-refractivity contribution in [2.75, 3.05) is 5.32 Å². The molecule has 0 saturated carbocycles. The van der Waals surface area contributed by atoms with Crippen LogP contribution in [-0.2, 0) is 4.79 Å². The SMILES string of the molecule is CCC(C)[C@H](N)C(=O)Nc1ccccc1Oc1ccccc1. The van der Waals surface area contributed by atoms with Crippen LogP contribution in [0.5, 0.6) is 11.5 Å². The van der Waals surface area contributed by atoms with E-state index in [-0.39, 0.29) is 11.8 Å². The lowest BCUT2D eigenvalue weighted by Crippen LogP contribution is -2.40. The highest BCUT2D eigenvalue weighted by Crippen LogP contribution is 2.29. The number of ether oxygens (including phenoxy) is 1. The van der Waals surface area contributed by atoms with E-state index in [1.807, 2.05) is 62.4 Å². The Morgan fingerprint density at radius 2 is 1.77 bits per heavy atom. The summed E-state index contributed by atoms with van der Waals surface area (Å²) < 4.78 is 5.82. The highest BCUT2D eigenvalue weighted by atomic mass is 16.5. The molecule has 0 aliphatic heterocycles. The summed E-state index contributed by atoms with van der Waals surface area (Å²) in [6, 6.07) is 16.3. The summed E-state index contributed by atoms with van der Waals surface area (Å²) in [6.45, 7) is 3.99. The monoisotopic (exact) mass is 298 g/mol. The van der Waals surface area contributed by atoms with Crippen LogP contribution in [0, 0.1) is 5.92 Å². The summed E-state index contributed by atoms with van der Waals surface area (Å²) in [5.74, 6) is 1.24. The maximum absolute atomic E-state index is 12.2. The van der Waals surface area contributed by atoms with Crippen LogP contribution in [0.4, 0.5) is 5.69 Å². The van der Waals surface area contributed by atoms with Gasteiger partial charge < -0.3 is 15.8 Å². The third kappa shape index (κ3) is 4.09. The van der Waals surface area contributed by atoms with Crippen molar-refractivity contribution in [1.82, 2.24) is 0 Å². The number of rotatable bonds is 6. The minimum absolute atomic E-state index is 0.127. The molecular weight excluding hydrogens is 276 g/mol. The van der Waals surface area contributed by atoms with E-state index in [4.69, 9.17) is 10.5 Å². The van der Waals surface area contributed by atoms with E-state index in [9.17, 15) is 4.79 Å². The number of carbonyl (C=O) groups is 1. The molecule has 1 amide bonds. The molecule has 0 aliphatic carbocycles. The Hall–Kier alpha value is -2.33. The maximum Gasteiger partial charge on any atom is 0.241 e. The highest BCUT2D eigenvalue weighted by molar-refractivity contribution is 5.96. The van der Waals surface area contributed by atoms with Gasteiger partial charge in [0.25, 0.3) is 0 Å². The zero-order chi connectivity index (χ0) is 15.9. The molecule has 0 spiro atoms. The molecule has 2 aromatic carbocycles. The molecule has 4 nitrogen and oxygen atoms in total. The van der Waals surface area contributed by atoms with Crippen molar-refractivity contribution in [3.05, 3.63) is 54.6 Å². The second-order valence-corrected chi connectivity index (χ2v) is 5.31. The molecule has 0 aromatic heterocycles. The van der Waals surface area contributed by atoms with Crippen molar-refractivity contribution >= 4 is 11.6 Å². The zero-order valence-electron chi connectivity index (χ0n) is 13.0. The van der Waals surface area contributed by atoms with Gasteiger partial charge in [0.1, 0.15) is 5.75 Å². The van der Waals surface area contributed by atoms with E-state index in [1.165, 1.54) is 0 Å². The first-order chi connectivity index (χ1) is 10.6.